The number of aryl methyl sites for hydroxylation is 1. The summed E-state index contributed by atoms with van der Waals surface area (Å²) in [6.07, 6.45) is 7.96. The number of fused-ring (bicyclic) bond motifs is 5. The van der Waals surface area contributed by atoms with Crippen LogP contribution >= 0.6 is 11.3 Å². The Morgan fingerprint density at radius 2 is 1.83 bits per heavy atom. The highest BCUT2D eigenvalue weighted by atomic mass is 32.1. The Bertz CT molecular complexity index is 1010. The van der Waals surface area contributed by atoms with Gasteiger partial charge in [0.1, 0.15) is 11.6 Å². The normalized spacial score (nSPS) is 40.4. The summed E-state index contributed by atoms with van der Waals surface area (Å²) in [7, 11) is 0. The Labute approximate surface area is 215 Å². The van der Waals surface area contributed by atoms with Gasteiger partial charge in [0.25, 0.3) is 0 Å². The molecule has 4 aliphatic rings. The van der Waals surface area contributed by atoms with Crippen LogP contribution in [0.15, 0.2) is 11.4 Å². The predicted octanol–water partition coefficient (Wildman–Crippen LogP) is 6.67. The van der Waals surface area contributed by atoms with Crippen LogP contribution in [0.25, 0.3) is 0 Å². The summed E-state index contributed by atoms with van der Waals surface area (Å²) in [4.78, 5) is 40.0. The standard InChI is InChI=1S/C30H43NO3S/c1-17-10-13-35-28(17)19(3)31-26(34)14-18(2)22-6-7-23-27-24(9-12-30(22,23)5)29(4)11-8-21(32)15-20(29)16-25(27)33/h10,13,18-20,22-24,27H,6-9,11-12,14-16H2,1-5H3,(H,31,34)/t18-,19?,20+,22?,23+,24+,27+,29+,30-/m1/s1. The molecule has 0 aromatic carbocycles. The van der Waals surface area contributed by atoms with Crippen molar-refractivity contribution in [2.24, 2.45) is 46.3 Å². The molecule has 1 heterocycles. The van der Waals surface area contributed by atoms with Gasteiger partial charge in [-0.05, 0) is 103 Å². The van der Waals surface area contributed by atoms with Crippen LogP contribution in [-0.2, 0) is 14.4 Å². The fraction of sp³-hybridized carbons (Fsp3) is 0.767. The molecule has 0 saturated heterocycles. The first-order chi connectivity index (χ1) is 16.5. The molecular weight excluding hydrogens is 454 g/mol. The van der Waals surface area contributed by atoms with Crippen molar-refractivity contribution in [1.82, 2.24) is 5.32 Å². The Kier molecular flexibility index (Phi) is 6.56. The van der Waals surface area contributed by atoms with Crippen LogP contribution in [0, 0.1) is 53.3 Å². The maximum absolute atomic E-state index is 13.6. The zero-order chi connectivity index (χ0) is 25.1. The van der Waals surface area contributed by atoms with E-state index in [1.807, 2.05) is 0 Å². The number of Topliss-reactive ketones (excluding diaryl/α,β-unsaturated/α-hetero) is 2. The third kappa shape index (κ3) is 4.14. The minimum Gasteiger partial charge on any atom is -0.349 e. The highest BCUT2D eigenvalue weighted by Gasteiger charge is 2.63. The van der Waals surface area contributed by atoms with Crippen LogP contribution in [0.3, 0.4) is 0 Å². The van der Waals surface area contributed by atoms with Crippen molar-refractivity contribution in [2.45, 2.75) is 98.4 Å². The topological polar surface area (TPSA) is 63.2 Å². The smallest absolute Gasteiger partial charge is 0.220 e. The molecule has 9 atom stereocenters. The van der Waals surface area contributed by atoms with Crippen molar-refractivity contribution in [1.29, 1.82) is 0 Å². The Morgan fingerprint density at radius 3 is 2.54 bits per heavy atom. The molecule has 2 unspecified atom stereocenters. The van der Waals surface area contributed by atoms with Gasteiger partial charge in [-0.2, -0.15) is 0 Å². The fourth-order valence-corrected chi connectivity index (χ4v) is 10.3. The van der Waals surface area contributed by atoms with Gasteiger partial charge < -0.3 is 5.32 Å². The number of hydrogen-bond acceptors (Lipinski definition) is 4. The molecule has 35 heavy (non-hydrogen) atoms. The highest BCUT2D eigenvalue weighted by Crippen LogP contribution is 2.67. The summed E-state index contributed by atoms with van der Waals surface area (Å²) in [5, 5.41) is 5.33. The van der Waals surface area contributed by atoms with Crippen molar-refractivity contribution >= 4 is 28.8 Å². The van der Waals surface area contributed by atoms with Crippen molar-refractivity contribution in [3.05, 3.63) is 21.9 Å². The highest BCUT2D eigenvalue weighted by molar-refractivity contribution is 7.10. The quantitative estimate of drug-likeness (QED) is 0.494. The zero-order valence-electron chi connectivity index (χ0n) is 22.2. The number of thiophene rings is 1. The van der Waals surface area contributed by atoms with E-state index in [2.05, 4.69) is 51.4 Å². The summed E-state index contributed by atoms with van der Waals surface area (Å²) >= 11 is 1.71. The van der Waals surface area contributed by atoms with Crippen LogP contribution < -0.4 is 5.32 Å². The summed E-state index contributed by atoms with van der Waals surface area (Å²) < 4.78 is 0. The second kappa shape index (κ2) is 9.11. The number of rotatable bonds is 5. The fourth-order valence-electron chi connectivity index (χ4n) is 9.33. The summed E-state index contributed by atoms with van der Waals surface area (Å²) in [5.41, 5.74) is 1.53. The summed E-state index contributed by atoms with van der Waals surface area (Å²) in [6, 6.07) is 2.16. The van der Waals surface area contributed by atoms with Crippen LogP contribution in [-0.4, -0.2) is 17.5 Å². The van der Waals surface area contributed by atoms with Gasteiger partial charge in [-0.1, -0.05) is 20.8 Å². The molecule has 0 radical (unpaired) electrons. The second-order valence-electron chi connectivity index (χ2n) is 13.0. The predicted molar refractivity (Wildman–Crippen MR) is 140 cm³/mol. The largest absolute Gasteiger partial charge is 0.349 e. The Hall–Kier alpha value is -1.49. The van der Waals surface area contributed by atoms with Gasteiger partial charge in [0.2, 0.25) is 5.91 Å². The number of carbonyl (C=O) groups is 3. The molecule has 1 N–H and O–H groups in total. The molecule has 4 saturated carbocycles. The van der Waals surface area contributed by atoms with Crippen LogP contribution in [0.5, 0.6) is 0 Å². The summed E-state index contributed by atoms with van der Waals surface area (Å²) in [6.45, 7) is 11.3. The SMILES string of the molecule is Cc1ccsc1C(C)NC(=O)C[C@@H](C)C1CC[C@H]2[C@@H]3C(=O)C[C@@H]4CC(=O)CC[C@]4(C)[C@H]3CC[C@]12C. The van der Waals surface area contributed by atoms with Crippen molar-refractivity contribution in [2.75, 3.05) is 0 Å². The average Bonchev–Trinajstić information content (AvgIpc) is 3.37. The van der Waals surface area contributed by atoms with E-state index in [1.54, 1.807) is 11.3 Å². The third-order valence-electron chi connectivity index (χ3n) is 11.2. The van der Waals surface area contributed by atoms with E-state index < -0.39 is 0 Å². The van der Waals surface area contributed by atoms with Gasteiger partial charge in [0, 0.05) is 36.5 Å². The van der Waals surface area contributed by atoms with Gasteiger partial charge in [-0.3, -0.25) is 14.4 Å². The molecular formula is C30H43NO3S. The average molecular weight is 498 g/mol. The molecule has 1 aromatic heterocycles. The first kappa shape index (κ1) is 25.2. The molecule has 4 nitrogen and oxygen atoms in total. The number of ketones is 2. The lowest BCUT2D eigenvalue weighted by Crippen LogP contribution is -2.57. The van der Waals surface area contributed by atoms with Crippen molar-refractivity contribution in [3.8, 4) is 0 Å². The molecule has 1 aromatic rings. The van der Waals surface area contributed by atoms with E-state index in [1.165, 1.54) is 10.4 Å². The minimum absolute atomic E-state index is 0.0491. The molecule has 192 valence electrons. The first-order valence-corrected chi connectivity index (χ1v) is 14.8. The Morgan fingerprint density at radius 1 is 1.09 bits per heavy atom. The lowest BCUT2D eigenvalue weighted by atomic mass is 9.44. The van der Waals surface area contributed by atoms with Gasteiger partial charge >= 0.3 is 0 Å². The second-order valence-corrected chi connectivity index (χ2v) is 14.0. The Balaban J connectivity index is 1.28. The maximum Gasteiger partial charge on any atom is 0.220 e. The molecule has 5 rings (SSSR count). The first-order valence-electron chi connectivity index (χ1n) is 13.9. The molecule has 4 aliphatic carbocycles. The van der Waals surface area contributed by atoms with Crippen molar-refractivity contribution in [3.63, 3.8) is 0 Å². The maximum atomic E-state index is 13.6. The summed E-state index contributed by atoms with van der Waals surface area (Å²) in [5.74, 6) is 3.04. The van der Waals surface area contributed by atoms with Gasteiger partial charge in [0.15, 0.2) is 0 Å². The van der Waals surface area contributed by atoms with E-state index in [9.17, 15) is 14.4 Å². The molecule has 0 spiro atoms. The number of carbonyl (C=O) groups excluding carboxylic acids is 3. The van der Waals surface area contributed by atoms with E-state index in [0.717, 1.165) is 32.1 Å². The monoisotopic (exact) mass is 497 g/mol. The lowest BCUT2D eigenvalue weighted by molar-refractivity contribution is -0.159. The molecule has 5 heteroatoms. The van der Waals surface area contributed by atoms with Gasteiger partial charge in [0.05, 0.1) is 6.04 Å². The lowest BCUT2D eigenvalue weighted by Gasteiger charge is -2.59. The van der Waals surface area contributed by atoms with Crippen LogP contribution in [0.4, 0.5) is 0 Å². The number of nitrogens with one attached hydrogen (secondary N) is 1. The van der Waals surface area contributed by atoms with E-state index in [4.69, 9.17) is 0 Å². The third-order valence-corrected chi connectivity index (χ3v) is 12.4. The molecule has 4 fully saturated rings. The van der Waals surface area contributed by atoms with Crippen LogP contribution in [0.1, 0.15) is 102 Å². The zero-order valence-corrected chi connectivity index (χ0v) is 23.0. The van der Waals surface area contributed by atoms with E-state index in [-0.39, 0.29) is 34.6 Å². The van der Waals surface area contributed by atoms with Crippen LogP contribution in [0.2, 0.25) is 0 Å². The van der Waals surface area contributed by atoms with E-state index in [0.29, 0.717) is 60.9 Å². The van der Waals surface area contributed by atoms with E-state index >= 15 is 0 Å². The number of hydrogen-bond donors (Lipinski definition) is 1. The number of amides is 1. The molecule has 1 amide bonds. The minimum atomic E-state index is 0.0491. The molecule has 0 bridgehead atoms. The van der Waals surface area contributed by atoms with Crippen molar-refractivity contribution < 1.29 is 14.4 Å². The molecule has 0 aliphatic heterocycles. The van der Waals surface area contributed by atoms with Gasteiger partial charge in [-0.15, -0.1) is 11.3 Å². The van der Waals surface area contributed by atoms with Gasteiger partial charge in [-0.25, -0.2) is 0 Å².